The van der Waals surface area contributed by atoms with Crippen molar-refractivity contribution in [1.29, 1.82) is 4.78 Å². The number of carbonyl (C=O) groups excluding carboxylic acids is 6. The summed E-state index contributed by atoms with van der Waals surface area (Å²) in [6.07, 6.45) is -3.85. The summed E-state index contributed by atoms with van der Waals surface area (Å²) in [5.74, 6) is -2.76. The lowest BCUT2D eigenvalue weighted by molar-refractivity contribution is -0.185. The van der Waals surface area contributed by atoms with Crippen molar-refractivity contribution in [2.45, 2.75) is 132 Å². The van der Waals surface area contributed by atoms with Gasteiger partial charge in [-0.3, -0.25) is 24.1 Å². The molecule has 1 saturated heterocycles. The molecule has 4 heterocycles. The number of esters is 2. The summed E-state index contributed by atoms with van der Waals surface area (Å²) in [4.78, 5) is 105. The third-order valence-electron chi connectivity index (χ3n) is 13.8. The number of amidine groups is 1. The van der Waals surface area contributed by atoms with Crippen LogP contribution in [-0.4, -0.2) is 105 Å². The molecule has 5 aromatic carbocycles. The van der Waals surface area contributed by atoms with Crippen molar-refractivity contribution in [1.82, 2.24) is 15.5 Å². The van der Waals surface area contributed by atoms with E-state index in [4.69, 9.17) is 42.9 Å². The number of hydrogen-bond acceptors (Lipinski definition) is 20. The highest BCUT2D eigenvalue weighted by Crippen LogP contribution is 2.45. The van der Waals surface area contributed by atoms with Crippen LogP contribution in [0.4, 0.5) is 9.59 Å². The molecule has 6 aromatic rings. The van der Waals surface area contributed by atoms with Crippen LogP contribution in [0.25, 0.3) is 10.1 Å². The van der Waals surface area contributed by atoms with E-state index in [9.17, 15) is 33.5 Å². The molecule has 0 saturated carbocycles. The Kier molecular flexibility index (Phi) is 20.1. The summed E-state index contributed by atoms with van der Waals surface area (Å²) in [5, 5.41) is 7.13. The zero-order valence-electron chi connectivity index (χ0n) is 52.3. The topological polar surface area (TPSA) is 257 Å². The zero-order valence-corrected chi connectivity index (χ0v) is 55.5. The number of β-lactam (4-membered cyclic amide) rings is 1. The van der Waals surface area contributed by atoms with Gasteiger partial charge in [-0.05, 0) is 133 Å². The van der Waals surface area contributed by atoms with Crippen molar-refractivity contribution >= 4 is 96.9 Å². The van der Waals surface area contributed by atoms with E-state index in [0.717, 1.165) is 28.0 Å². The van der Waals surface area contributed by atoms with Crippen LogP contribution in [0.15, 0.2) is 170 Å². The minimum Gasteiger partial charge on any atom is -0.497 e. The molecule has 4 atom stereocenters. The summed E-state index contributed by atoms with van der Waals surface area (Å²) in [5.41, 5.74) is -2.70. The lowest BCUT2D eigenvalue weighted by atomic mass is 9.77. The van der Waals surface area contributed by atoms with E-state index in [2.05, 4.69) is 10.6 Å². The Bertz CT molecular complexity index is 3850. The van der Waals surface area contributed by atoms with E-state index in [1.54, 1.807) is 86.6 Å². The second kappa shape index (κ2) is 27.3. The van der Waals surface area contributed by atoms with Gasteiger partial charge in [0.05, 0.1) is 17.0 Å². The number of thioether (sulfide) groups is 2. The first kappa shape index (κ1) is 67.1. The molecule has 1 aromatic heterocycles. The molecule has 0 spiro atoms. The largest absolute Gasteiger partial charge is 0.514 e. The molecule has 24 heteroatoms. The number of carbonyl (C=O) groups is 6. The Balaban J connectivity index is 1.03. The van der Waals surface area contributed by atoms with E-state index in [1.807, 2.05) is 91.0 Å². The number of ether oxygens (including phenoxy) is 8. The Labute approximate surface area is 542 Å². The monoisotopic (exact) mass is 1310 g/mol. The number of benzene rings is 5. The van der Waals surface area contributed by atoms with Gasteiger partial charge >= 0.3 is 24.2 Å². The summed E-state index contributed by atoms with van der Waals surface area (Å²) < 4.78 is 55.6. The van der Waals surface area contributed by atoms with Crippen molar-refractivity contribution in [3.05, 3.63) is 188 Å². The number of fused-ring (bicyclic) bond motifs is 2. The van der Waals surface area contributed by atoms with E-state index >= 15 is 4.79 Å². The number of methoxy groups -OCH3 is 1. The van der Waals surface area contributed by atoms with Gasteiger partial charge in [0.15, 0.2) is 33.8 Å². The van der Waals surface area contributed by atoms with Crippen LogP contribution >= 0.6 is 34.9 Å². The molecule has 20 nitrogen and oxygen atoms in total. The smallest absolute Gasteiger partial charge is 0.497 e. The van der Waals surface area contributed by atoms with Crippen LogP contribution < -0.4 is 30.3 Å². The second-order valence-corrected chi connectivity index (χ2v) is 29.5. The Morgan fingerprint density at radius 3 is 1.80 bits per heavy atom. The molecule has 3 aliphatic heterocycles. The predicted octanol–water partition coefficient (Wildman–Crippen LogP) is 12.1. The van der Waals surface area contributed by atoms with Gasteiger partial charge in [0, 0.05) is 39.1 Å². The SMILES string of the molecule is COc1ccc(COC(=O)C2=C(CSc3cc(=O)c4cc(OC(=O)OC(C)(C)C)c(OC(=O)OC(C)(C)C)cc4s3)CS[C@@H]3C(NC(=O)C(OC(C)(C)C(=O)OC(C)(C)C)C4=CS(=N)C(=NC(c5ccccc5)(c5ccccc5)c5ccccc5)N4)C(=O)N23)cc1. The molecular weight excluding hydrogens is 1240 g/mol. The third kappa shape index (κ3) is 16.1. The first-order chi connectivity index (χ1) is 42.9. The normalized spacial score (nSPS) is 17.6. The van der Waals surface area contributed by atoms with Gasteiger partial charge in [0.2, 0.25) is 0 Å². The van der Waals surface area contributed by atoms with E-state index < -0.39 is 97.6 Å². The summed E-state index contributed by atoms with van der Waals surface area (Å²) in [7, 11) is -0.00809. The van der Waals surface area contributed by atoms with Gasteiger partial charge in [-0.1, -0.05) is 103 Å². The summed E-state index contributed by atoms with van der Waals surface area (Å²) in [6, 6.07) is 38.7. The van der Waals surface area contributed by atoms with Crippen molar-refractivity contribution in [3.63, 3.8) is 0 Å². The van der Waals surface area contributed by atoms with Gasteiger partial charge in [-0.25, -0.2) is 24.2 Å². The van der Waals surface area contributed by atoms with Crippen molar-refractivity contribution in [3.8, 4) is 17.2 Å². The predicted molar refractivity (Wildman–Crippen MR) is 350 cm³/mol. The number of nitrogens with one attached hydrogen (secondary N) is 3. The molecular formula is C67H71N5O15S4. The Hall–Kier alpha value is -8.29. The number of nitrogens with zero attached hydrogens (tertiary/aromatic N) is 2. The fraction of sp³-hybridized carbons (Fsp3) is 0.343. The molecule has 91 heavy (non-hydrogen) atoms. The molecule has 3 unspecified atom stereocenters. The molecule has 2 amide bonds. The highest BCUT2D eigenvalue weighted by Gasteiger charge is 2.55. The van der Waals surface area contributed by atoms with E-state index in [0.29, 0.717) is 25.8 Å². The lowest BCUT2D eigenvalue weighted by Gasteiger charge is -2.50. The number of hydrogen-bond donors (Lipinski definition) is 3. The average Bonchev–Trinajstić information content (AvgIpc) is 0.979. The van der Waals surface area contributed by atoms with Crippen LogP contribution in [0.5, 0.6) is 17.2 Å². The highest BCUT2D eigenvalue weighted by atomic mass is 32.2. The molecule has 0 aliphatic carbocycles. The second-order valence-electron chi connectivity index (χ2n) is 24.7. The molecule has 0 radical (unpaired) electrons. The van der Waals surface area contributed by atoms with Crippen molar-refractivity contribution in [2.24, 2.45) is 4.99 Å². The van der Waals surface area contributed by atoms with Crippen LogP contribution in [-0.2, 0) is 65.7 Å². The first-order valence-electron chi connectivity index (χ1n) is 28.9. The van der Waals surface area contributed by atoms with Crippen LogP contribution in [0, 0.1) is 4.78 Å². The molecule has 1 fully saturated rings. The maximum Gasteiger partial charge on any atom is 0.514 e. The van der Waals surface area contributed by atoms with Gasteiger partial charge in [-0.2, -0.15) is 0 Å². The summed E-state index contributed by atoms with van der Waals surface area (Å²) >= 11 is 3.63. The fourth-order valence-corrected chi connectivity index (χ4v) is 14.4. The van der Waals surface area contributed by atoms with Crippen LogP contribution in [0.2, 0.25) is 0 Å². The summed E-state index contributed by atoms with van der Waals surface area (Å²) in [6.45, 7) is 17.7. The highest BCUT2D eigenvalue weighted by molar-refractivity contribution is 8.04. The lowest BCUT2D eigenvalue weighted by Crippen LogP contribution is -2.71. The molecule has 3 N–H and O–H groups in total. The Morgan fingerprint density at radius 2 is 1.27 bits per heavy atom. The molecule has 478 valence electrons. The van der Waals surface area contributed by atoms with Crippen molar-refractivity contribution < 1.29 is 66.7 Å². The van der Waals surface area contributed by atoms with E-state index in [-0.39, 0.29) is 51.6 Å². The zero-order chi connectivity index (χ0) is 65.8. The minimum absolute atomic E-state index is 0.0535. The van der Waals surface area contributed by atoms with E-state index in [1.165, 1.54) is 73.0 Å². The maximum atomic E-state index is 15.2. The van der Waals surface area contributed by atoms with Gasteiger partial charge in [0.1, 0.15) is 51.8 Å². The Morgan fingerprint density at radius 1 is 0.736 bits per heavy atom. The first-order valence-corrected chi connectivity index (χ1v) is 33.0. The van der Waals surface area contributed by atoms with Crippen LogP contribution in [0.3, 0.4) is 0 Å². The quantitative estimate of drug-likeness (QED) is 0.0170. The minimum atomic E-state index is -1.78. The molecule has 9 rings (SSSR count). The van der Waals surface area contributed by atoms with Gasteiger partial charge in [0.25, 0.3) is 11.8 Å². The van der Waals surface area contributed by atoms with Crippen LogP contribution in [0.1, 0.15) is 98.4 Å². The number of aliphatic imine (C=N–C) groups is 1. The number of rotatable bonds is 19. The average molecular weight is 1310 g/mol. The third-order valence-corrected chi connectivity index (χ3v) is 18.6. The maximum absolute atomic E-state index is 15.2. The fourth-order valence-electron chi connectivity index (χ4n) is 9.68. The molecule has 3 aliphatic rings. The molecule has 0 bridgehead atoms. The van der Waals surface area contributed by atoms with Gasteiger partial charge < -0.3 is 48.5 Å². The number of amides is 2. The standard InChI is InChI=1S/C67H71N5O15S4/c1-63(2,3)85-59(77)66(10,11)84-54(46-38-91(68)60(69-46)71-67(41-22-16-13-17-23-41,42-24-18-14-19-25-42)43-26-20-15-21-27-43)55(74)70-52-56(75)72-53(58(76)81-35-39-28-30-44(80-12)31-29-39)40(37-89-57(52)72)36-88-51-33-47(73)45-32-48(82-61(78)86-64(4,5)6)49(34-50(45)90-51)83-62(79)87-65(7,8)9/h13-34,38,52,54,57,68H,35-37H2,1-12H3,(H,69,71)(H,70,74)/t52?,54?,57-,91?/m1/s1. The van der Waals surface area contributed by atoms with Crippen molar-refractivity contribution in [2.75, 3.05) is 18.6 Å². The van der Waals surface area contributed by atoms with Gasteiger partial charge in [-0.15, -0.1) is 34.9 Å².